The van der Waals surface area contributed by atoms with E-state index in [0.717, 1.165) is 5.56 Å². The Kier molecular flexibility index (Phi) is 6.65. The third-order valence-corrected chi connectivity index (χ3v) is 6.15. The maximum Gasteiger partial charge on any atom is 0.276 e. The fraction of sp³-hybridized carbons (Fsp3) is 0.120. The van der Waals surface area contributed by atoms with Crippen LogP contribution in [0.3, 0.4) is 0 Å². The number of ether oxygens (including phenoxy) is 1. The van der Waals surface area contributed by atoms with Crippen LogP contribution in [0.1, 0.15) is 22.8 Å². The first-order chi connectivity index (χ1) is 16.4. The van der Waals surface area contributed by atoms with E-state index in [4.69, 9.17) is 9.15 Å². The Morgan fingerprint density at radius 2 is 1.71 bits per heavy atom. The summed E-state index contributed by atoms with van der Waals surface area (Å²) >= 11 is 0. The number of carbonyl (C=O) groups is 1. The van der Waals surface area contributed by atoms with Crippen molar-refractivity contribution >= 4 is 32.6 Å². The number of fused-ring (bicyclic) bond motifs is 1. The minimum Gasteiger partial charge on any atom is -0.494 e. The second-order valence-corrected chi connectivity index (χ2v) is 9.09. The Morgan fingerprint density at radius 1 is 1.00 bits per heavy atom. The number of rotatable bonds is 7. The summed E-state index contributed by atoms with van der Waals surface area (Å²) in [5, 5.41) is 7.38. The van der Waals surface area contributed by atoms with Crippen LogP contribution < -0.4 is 20.4 Å². The van der Waals surface area contributed by atoms with E-state index in [-0.39, 0.29) is 16.0 Å². The fourth-order valence-corrected chi connectivity index (χ4v) is 3.99. The fourth-order valence-electron chi connectivity index (χ4n) is 3.19. The van der Waals surface area contributed by atoms with Crippen LogP contribution in [0.2, 0.25) is 0 Å². The monoisotopic (exact) mass is 477 g/mol. The first-order valence-electron chi connectivity index (χ1n) is 10.5. The number of nitrogens with one attached hydrogen (secondary N) is 2. The molecule has 0 saturated heterocycles. The van der Waals surface area contributed by atoms with Gasteiger partial charge in [-0.1, -0.05) is 35.9 Å². The number of para-hydroxylation sites is 1. The maximum atomic E-state index is 13.1. The molecule has 0 radical (unpaired) electrons. The molecule has 1 heterocycles. The van der Waals surface area contributed by atoms with Crippen LogP contribution in [-0.2, 0) is 10.0 Å². The molecule has 0 spiro atoms. The third kappa shape index (κ3) is 5.26. The van der Waals surface area contributed by atoms with E-state index >= 15 is 0 Å². The predicted octanol–water partition coefficient (Wildman–Crippen LogP) is 4.19. The first kappa shape index (κ1) is 23.1. The summed E-state index contributed by atoms with van der Waals surface area (Å²) in [6.07, 6.45) is 0. The molecule has 0 aliphatic rings. The molecule has 0 aliphatic heterocycles. The molecule has 0 fully saturated rings. The number of carbonyl (C=O) groups excluding carboxylic acids is 1. The van der Waals surface area contributed by atoms with E-state index in [2.05, 4.69) is 15.2 Å². The molecular formula is C25H23N3O5S. The molecule has 3 aromatic carbocycles. The largest absolute Gasteiger partial charge is 0.494 e. The van der Waals surface area contributed by atoms with E-state index in [1.165, 1.54) is 12.1 Å². The molecule has 0 atom stereocenters. The molecule has 0 aliphatic carbocycles. The van der Waals surface area contributed by atoms with Gasteiger partial charge in [-0.3, -0.25) is 4.79 Å². The summed E-state index contributed by atoms with van der Waals surface area (Å²) in [6, 6.07) is 21.9. The summed E-state index contributed by atoms with van der Waals surface area (Å²) in [5.74, 6) is 0.175. The lowest BCUT2D eigenvalue weighted by Crippen LogP contribution is -2.27. The maximum absolute atomic E-state index is 13.1. The highest BCUT2D eigenvalue weighted by molar-refractivity contribution is 7.89. The summed E-state index contributed by atoms with van der Waals surface area (Å²) in [7, 11) is -3.96. The molecule has 1 amide bonds. The minimum atomic E-state index is -3.96. The molecule has 0 bridgehead atoms. The number of benzene rings is 3. The molecule has 9 heteroatoms. The molecule has 4 rings (SSSR count). The van der Waals surface area contributed by atoms with Gasteiger partial charge in [0, 0.05) is 11.1 Å². The van der Waals surface area contributed by atoms with Gasteiger partial charge < -0.3 is 14.5 Å². The molecule has 8 nitrogen and oxygen atoms in total. The average Bonchev–Trinajstić information content (AvgIpc) is 2.84. The Balaban J connectivity index is 1.69. The minimum absolute atomic E-state index is 0.0445. The Hall–Kier alpha value is -4.11. The van der Waals surface area contributed by atoms with Crippen molar-refractivity contribution in [3.8, 4) is 5.75 Å². The summed E-state index contributed by atoms with van der Waals surface area (Å²) in [5.41, 5.74) is 1.81. The number of aryl methyl sites for hydroxylation is 1. The lowest BCUT2D eigenvalue weighted by Gasteiger charge is -2.09. The normalized spacial score (nSPS) is 11.9. The smallest absolute Gasteiger partial charge is 0.276 e. The quantitative estimate of drug-likeness (QED) is 0.388. The van der Waals surface area contributed by atoms with Gasteiger partial charge in [0.1, 0.15) is 16.9 Å². The molecular weight excluding hydrogens is 454 g/mol. The number of hydrogen-bond donors (Lipinski definition) is 2. The lowest BCUT2D eigenvalue weighted by atomic mass is 10.1. The van der Waals surface area contributed by atoms with Gasteiger partial charge in [-0.2, -0.15) is 13.2 Å². The van der Waals surface area contributed by atoms with Gasteiger partial charge in [0.15, 0.2) is 0 Å². The molecule has 1 aromatic heterocycles. The zero-order valence-electron chi connectivity index (χ0n) is 18.6. The van der Waals surface area contributed by atoms with Crippen LogP contribution in [0.5, 0.6) is 5.75 Å². The van der Waals surface area contributed by atoms with Crippen LogP contribution in [0.4, 0.5) is 5.69 Å². The van der Waals surface area contributed by atoms with Crippen molar-refractivity contribution in [1.29, 1.82) is 0 Å². The highest BCUT2D eigenvalue weighted by Crippen LogP contribution is 2.18. The van der Waals surface area contributed by atoms with Crippen LogP contribution >= 0.6 is 0 Å². The summed E-state index contributed by atoms with van der Waals surface area (Å²) in [6.45, 7) is 4.28. The summed E-state index contributed by atoms with van der Waals surface area (Å²) < 4.78 is 36.6. The lowest BCUT2D eigenvalue weighted by molar-refractivity contribution is 0.102. The van der Waals surface area contributed by atoms with Crippen molar-refractivity contribution in [1.82, 2.24) is 4.83 Å². The molecule has 2 N–H and O–H groups in total. The van der Waals surface area contributed by atoms with Gasteiger partial charge in [-0.25, -0.2) is 0 Å². The highest BCUT2D eigenvalue weighted by atomic mass is 32.2. The van der Waals surface area contributed by atoms with E-state index in [9.17, 15) is 13.2 Å². The highest BCUT2D eigenvalue weighted by Gasteiger charge is 2.16. The standard InChI is InChI=1S/C25H23N3O5S/c1-3-32-20-12-10-19(11-13-20)26-24(29)22-16-18-6-4-5-7-23(18)33-25(22)27-28-34(30,31)21-14-8-17(2)9-15-21/h4-16,28H,3H2,1-2H3,(H,26,29)/b27-25+. The first-order valence-corrected chi connectivity index (χ1v) is 12.0. The number of hydrogen-bond acceptors (Lipinski definition) is 6. The Labute approximate surface area is 196 Å². The zero-order valence-corrected chi connectivity index (χ0v) is 19.4. The van der Waals surface area contributed by atoms with Crippen LogP contribution in [-0.4, -0.2) is 20.9 Å². The molecule has 4 aromatic rings. The van der Waals surface area contributed by atoms with E-state index < -0.39 is 15.9 Å². The van der Waals surface area contributed by atoms with Gasteiger partial charge in [0.25, 0.3) is 15.9 Å². The van der Waals surface area contributed by atoms with Crippen molar-refractivity contribution in [2.24, 2.45) is 5.10 Å². The molecule has 0 unspecified atom stereocenters. The summed E-state index contributed by atoms with van der Waals surface area (Å²) in [4.78, 5) is 15.3. The third-order valence-electron chi connectivity index (χ3n) is 4.92. The second kappa shape index (κ2) is 9.80. The number of anilines is 1. The molecule has 34 heavy (non-hydrogen) atoms. The van der Waals surface area contributed by atoms with Crippen LogP contribution in [0, 0.1) is 6.92 Å². The zero-order chi connectivity index (χ0) is 24.1. The number of sulfonamides is 1. The van der Waals surface area contributed by atoms with Crippen LogP contribution in [0.15, 0.2) is 93.3 Å². The van der Waals surface area contributed by atoms with Crippen molar-refractivity contribution in [3.63, 3.8) is 0 Å². The SMILES string of the molecule is CCOc1ccc(NC(=O)c2cc3ccccc3o/c2=N/NS(=O)(=O)c2ccc(C)cc2)cc1. The topological polar surface area (TPSA) is 110 Å². The van der Waals surface area contributed by atoms with Crippen molar-refractivity contribution in [3.05, 3.63) is 95.5 Å². The van der Waals surface area contributed by atoms with Gasteiger partial charge in [-0.05, 0) is 62.4 Å². The Morgan fingerprint density at radius 3 is 2.41 bits per heavy atom. The second-order valence-electron chi connectivity index (χ2n) is 7.43. The van der Waals surface area contributed by atoms with Crippen molar-refractivity contribution in [2.45, 2.75) is 18.7 Å². The number of amides is 1. The van der Waals surface area contributed by atoms with Gasteiger partial charge in [0.2, 0.25) is 5.55 Å². The van der Waals surface area contributed by atoms with Crippen molar-refractivity contribution < 1.29 is 22.4 Å². The van der Waals surface area contributed by atoms with Crippen molar-refractivity contribution in [2.75, 3.05) is 11.9 Å². The van der Waals surface area contributed by atoms with Gasteiger partial charge in [0.05, 0.1) is 11.5 Å². The Bertz CT molecular complexity index is 1490. The predicted molar refractivity (Wildman–Crippen MR) is 129 cm³/mol. The van der Waals surface area contributed by atoms with Gasteiger partial charge >= 0.3 is 0 Å². The molecule has 0 saturated carbocycles. The van der Waals surface area contributed by atoms with E-state index in [0.29, 0.717) is 29.0 Å². The molecule has 174 valence electrons. The van der Waals surface area contributed by atoms with E-state index in [1.807, 2.05) is 19.9 Å². The average molecular weight is 478 g/mol. The van der Waals surface area contributed by atoms with Crippen LogP contribution in [0.25, 0.3) is 11.0 Å². The van der Waals surface area contributed by atoms with E-state index in [1.54, 1.807) is 60.7 Å². The number of nitrogens with zero attached hydrogens (tertiary/aromatic N) is 1. The van der Waals surface area contributed by atoms with Gasteiger partial charge in [-0.15, -0.1) is 5.10 Å².